The number of anilines is 1. The molecule has 0 saturated carbocycles. The average molecular weight is 420 g/mol. The highest BCUT2D eigenvalue weighted by atomic mass is 32.2. The SMILES string of the molecule is CCc1[nH]c2nc(Sc3cccnc3)nc(NC[C@@H](O)c3ccccc3)c2c1C=O. The fourth-order valence-electron chi connectivity index (χ4n) is 3.23. The molecule has 8 heteroatoms. The second-order valence-electron chi connectivity index (χ2n) is 6.67. The average Bonchev–Trinajstić information content (AvgIpc) is 3.16. The van der Waals surface area contributed by atoms with E-state index in [-0.39, 0.29) is 6.54 Å². The number of rotatable bonds is 8. The lowest BCUT2D eigenvalue weighted by Gasteiger charge is -2.14. The van der Waals surface area contributed by atoms with E-state index in [1.807, 2.05) is 49.4 Å². The zero-order valence-corrected chi connectivity index (χ0v) is 17.2. The van der Waals surface area contributed by atoms with Crippen LogP contribution in [0.3, 0.4) is 0 Å². The first-order valence-electron chi connectivity index (χ1n) is 9.62. The number of aryl methyl sites for hydroxylation is 1. The predicted octanol–water partition coefficient (Wildman–Crippen LogP) is 4.02. The molecule has 30 heavy (non-hydrogen) atoms. The lowest BCUT2D eigenvalue weighted by molar-refractivity contribution is 0.112. The van der Waals surface area contributed by atoms with Crippen LogP contribution in [0.15, 0.2) is 64.9 Å². The third-order valence-corrected chi connectivity index (χ3v) is 5.56. The molecule has 0 amide bonds. The number of aromatic nitrogens is 4. The van der Waals surface area contributed by atoms with E-state index in [9.17, 15) is 9.90 Å². The minimum Gasteiger partial charge on any atom is -0.387 e. The van der Waals surface area contributed by atoms with Crippen molar-refractivity contribution in [3.8, 4) is 0 Å². The minimum absolute atomic E-state index is 0.248. The largest absolute Gasteiger partial charge is 0.387 e. The quantitative estimate of drug-likeness (QED) is 0.293. The van der Waals surface area contributed by atoms with Gasteiger partial charge in [-0.25, -0.2) is 9.97 Å². The fraction of sp³-hybridized carbons (Fsp3) is 0.182. The van der Waals surface area contributed by atoms with Gasteiger partial charge in [-0.05, 0) is 35.9 Å². The maximum atomic E-state index is 11.8. The lowest BCUT2D eigenvalue weighted by Crippen LogP contribution is -2.13. The zero-order chi connectivity index (χ0) is 20.9. The Labute approximate surface area is 178 Å². The Kier molecular flexibility index (Phi) is 6.06. The Morgan fingerprint density at radius 2 is 2.03 bits per heavy atom. The molecule has 0 aliphatic carbocycles. The van der Waals surface area contributed by atoms with Crippen molar-refractivity contribution in [1.82, 2.24) is 19.9 Å². The van der Waals surface area contributed by atoms with Crippen LogP contribution in [0.4, 0.5) is 5.82 Å². The van der Waals surface area contributed by atoms with Gasteiger partial charge in [-0.15, -0.1) is 0 Å². The van der Waals surface area contributed by atoms with Crippen LogP contribution < -0.4 is 5.32 Å². The van der Waals surface area contributed by atoms with Gasteiger partial charge in [0, 0.05) is 35.1 Å². The van der Waals surface area contributed by atoms with E-state index in [2.05, 4.69) is 25.3 Å². The van der Waals surface area contributed by atoms with Gasteiger partial charge in [0.1, 0.15) is 11.5 Å². The van der Waals surface area contributed by atoms with Crippen LogP contribution >= 0.6 is 11.8 Å². The molecule has 0 saturated heterocycles. The molecule has 1 aromatic carbocycles. The van der Waals surface area contributed by atoms with Gasteiger partial charge in [0.25, 0.3) is 0 Å². The molecule has 3 heterocycles. The molecule has 7 nitrogen and oxygen atoms in total. The Morgan fingerprint density at radius 3 is 2.73 bits per heavy atom. The van der Waals surface area contributed by atoms with Gasteiger partial charge in [-0.1, -0.05) is 37.3 Å². The molecule has 4 aromatic rings. The van der Waals surface area contributed by atoms with E-state index in [4.69, 9.17) is 0 Å². The molecule has 0 fully saturated rings. The smallest absolute Gasteiger partial charge is 0.196 e. The van der Waals surface area contributed by atoms with Gasteiger partial charge < -0.3 is 15.4 Å². The maximum Gasteiger partial charge on any atom is 0.196 e. The van der Waals surface area contributed by atoms with E-state index < -0.39 is 6.10 Å². The number of fused-ring (bicyclic) bond motifs is 1. The topological polar surface area (TPSA) is 104 Å². The number of H-pyrrole nitrogens is 1. The van der Waals surface area contributed by atoms with Crippen molar-refractivity contribution in [3.63, 3.8) is 0 Å². The number of carbonyl (C=O) groups excluding carboxylic acids is 1. The molecule has 0 radical (unpaired) electrons. The zero-order valence-electron chi connectivity index (χ0n) is 16.4. The molecule has 1 atom stereocenters. The molecule has 0 bridgehead atoms. The Balaban J connectivity index is 1.70. The molecule has 3 N–H and O–H groups in total. The van der Waals surface area contributed by atoms with Gasteiger partial charge in [0.15, 0.2) is 11.4 Å². The molecule has 0 spiro atoms. The normalized spacial score (nSPS) is 12.1. The van der Waals surface area contributed by atoms with Crippen molar-refractivity contribution < 1.29 is 9.90 Å². The Bertz CT molecular complexity index is 1150. The minimum atomic E-state index is -0.713. The molecule has 0 aliphatic rings. The summed E-state index contributed by atoms with van der Waals surface area (Å²) in [7, 11) is 0. The maximum absolute atomic E-state index is 11.8. The fourth-order valence-corrected chi connectivity index (χ4v) is 3.97. The monoisotopic (exact) mass is 419 g/mol. The number of nitrogens with zero attached hydrogens (tertiary/aromatic N) is 3. The van der Waals surface area contributed by atoms with Crippen LogP contribution in [0.5, 0.6) is 0 Å². The lowest BCUT2D eigenvalue weighted by atomic mass is 10.1. The first kappa shape index (κ1) is 20.1. The number of benzene rings is 1. The van der Waals surface area contributed by atoms with Crippen LogP contribution in [-0.2, 0) is 6.42 Å². The number of aromatic amines is 1. The van der Waals surface area contributed by atoms with E-state index in [1.54, 1.807) is 12.4 Å². The summed E-state index contributed by atoms with van der Waals surface area (Å²) < 4.78 is 0. The van der Waals surface area contributed by atoms with Gasteiger partial charge in [-0.2, -0.15) is 0 Å². The van der Waals surface area contributed by atoms with Crippen molar-refractivity contribution in [2.45, 2.75) is 29.5 Å². The van der Waals surface area contributed by atoms with Crippen LogP contribution in [-0.4, -0.2) is 37.9 Å². The van der Waals surface area contributed by atoms with Gasteiger partial charge in [0.2, 0.25) is 0 Å². The number of aliphatic hydroxyl groups excluding tert-OH is 1. The highest BCUT2D eigenvalue weighted by Gasteiger charge is 2.19. The summed E-state index contributed by atoms with van der Waals surface area (Å²) in [5.74, 6) is 0.513. The van der Waals surface area contributed by atoms with Gasteiger partial charge >= 0.3 is 0 Å². The van der Waals surface area contributed by atoms with E-state index >= 15 is 0 Å². The van der Waals surface area contributed by atoms with E-state index in [1.165, 1.54) is 11.8 Å². The Hall–Kier alpha value is -3.23. The number of hydrogen-bond donors (Lipinski definition) is 3. The van der Waals surface area contributed by atoms with Crippen LogP contribution in [0.1, 0.15) is 34.6 Å². The second kappa shape index (κ2) is 9.06. The number of pyridine rings is 1. The number of nitrogens with one attached hydrogen (secondary N) is 2. The van der Waals surface area contributed by atoms with Crippen LogP contribution in [0, 0.1) is 0 Å². The predicted molar refractivity (Wildman–Crippen MR) is 117 cm³/mol. The van der Waals surface area contributed by atoms with Crippen LogP contribution in [0.25, 0.3) is 11.0 Å². The van der Waals surface area contributed by atoms with Crippen molar-refractivity contribution in [1.29, 1.82) is 0 Å². The first-order valence-corrected chi connectivity index (χ1v) is 10.4. The molecule has 4 rings (SSSR count). The van der Waals surface area contributed by atoms with E-state index in [0.717, 1.165) is 22.4 Å². The summed E-state index contributed by atoms with van der Waals surface area (Å²) in [5.41, 5.74) is 2.75. The summed E-state index contributed by atoms with van der Waals surface area (Å²) in [6.07, 6.45) is 4.24. The van der Waals surface area contributed by atoms with Gasteiger partial charge in [-0.3, -0.25) is 9.78 Å². The number of aldehydes is 1. The molecular formula is C22H21N5O2S. The summed E-state index contributed by atoms with van der Waals surface area (Å²) in [6.45, 7) is 2.22. The third kappa shape index (κ3) is 4.19. The first-order chi connectivity index (χ1) is 14.7. The summed E-state index contributed by atoms with van der Waals surface area (Å²) in [6, 6.07) is 13.2. The summed E-state index contributed by atoms with van der Waals surface area (Å²) >= 11 is 1.38. The summed E-state index contributed by atoms with van der Waals surface area (Å²) in [4.78, 5) is 29.3. The molecule has 152 valence electrons. The highest BCUT2D eigenvalue weighted by Crippen LogP contribution is 2.32. The highest BCUT2D eigenvalue weighted by molar-refractivity contribution is 7.99. The standard InChI is InChI=1S/C22H21N5O2S/c1-2-17-16(13-28)19-20(24-12-18(29)14-7-4-3-5-8-14)26-22(27-21(19)25-17)30-15-9-6-10-23-11-15/h3-11,13,18,29H,2,12H2,1H3,(H2,24,25,26,27)/t18-/m1/s1. The number of aliphatic hydroxyl groups is 1. The van der Waals surface area contributed by atoms with Crippen molar-refractivity contribution in [2.24, 2.45) is 0 Å². The molecule has 3 aromatic heterocycles. The molecular weight excluding hydrogens is 398 g/mol. The number of hydrogen-bond acceptors (Lipinski definition) is 7. The second-order valence-corrected chi connectivity index (χ2v) is 7.71. The van der Waals surface area contributed by atoms with Crippen molar-refractivity contribution in [2.75, 3.05) is 11.9 Å². The Morgan fingerprint density at radius 1 is 1.20 bits per heavy atom. The van der Waals surface area contributed by atoms with Crippen molar-refractivity contribution >= 4 is 34.9 Å². The molecule has 0 unspecified atom stereocenters. The summed E-state index contributed by atoms with van der Waals surface area (Å²) in [5, 5.41) is 14.9. The van der Waals surface area contributed by atoms with Crippen molar-refractivity contribution in [3.05, 3.63) is 71.7 Å². The number of carbonyl (C=O) groups is 1. The van der Waals surface area contributed by atoms with Gasteiger partial charge in [0.05, 0.1) is 11.5 Å². The van der Waals surface area contributed by atoms with Crippen LogP contribution in [0.2, 0.25) is 0 Å². The molecule has 0 aliphatic heterocycles. The third-order valence-electron chi connectivity index (χ3n) is 4.71. The van der Waals surface area contributed by atoms with E-state index in [0.29, 0.717) is 34.0 Å².